The molecule has 236 valence electrons. The van der Waals surface area contributed by atoms with E-state index in [9.17, 15) is 24.8 Å². The SMILES string of the molecule is CC[C@@H](C)C(=O)NC(=NC=N)c1ccc([C@]2(C#N)O[C@H](COC(=O)Cc3ccccc3)[C@@H](OC(=O)[C@@H](N)C(C)(C)C)[C@H]2O)[nH]1. The van der Waals surface area contributed by atoms with Gasteiger partial charge in [0.25, 0.3) is 0 Å². The number of H-pyrrole nitrogens is 1. The Morgan fingerprint density at radius 2 is 1.95 bits per heavy atom. The van der Waals surface area contributed by atoms with Gasteiger partial charge in [0, 0.05) is 5.92 Å². The van der Waals surface area contributed by atoms with Crippen LogP contribution in [0.1, 0.15) is 58.0 Å². The van der Waals surface area contributed by atoms with Gasteiger partial charge in [-0.15, -0.1) is 0 Å². The number of nitrogens with zero attached hydrogens (tertiary/aromatic N) is 2. The van der Waals surface area contributed by atoms with Gasteiger partial charge in [-0.05, 0) is 29.5 Å². The first-order valence-electron chi connectivity index (χ1n) is 14.3. The molecule has 1 aromatic heterocycles. The van der Waals surface area contributed by atoms with Crippen LogP contribution in [0.2, 0.25) is 0 Å². The average Bonchev–Trinajstić information content (AvgIpc) is 3.59. The van der Waals surface area contributed by atoms with Crippen molar-refractivity contribution in [3.63, 3.8) is 0 Å². The lowest BCUT2D eigenvalue weighted by Gasteiger charge is -2.28. The molecular weight excluding hydrogens is 568 g/mol. The molecule has 1 aliphatic heterocycles. The molecule has 6 N–H and O–H groups in total. The van der Waals surface area contributed by atoms with Gasteiger partial charge in [-0.25, -0.2) is 4.99 Å². The molecule has 1 aliphatic rings. The number of nitriles is 1. The summed E-state index contributed by atoms with van der Waals surface area (Å²) in [5.41, 5.74) is 4.31. The van der Waals surface area contributed by atoms with Crippen LogP contribution in [0.25, 0.3) is 0 Å². The number of benzene rings is 1. The van der Waals surface area contributed by atoms with E-state index in [-0.39, 0.29) is 35.5 Å². The summed E-state index contributed by atoms with van der Waals surface area (Å²) in [6, 6.07) is 12.8. The maximum Gasteiger partial charge on any atom is 0.323 e. The summed E-state index contributed by atoms with van der Waals surface area (Å²) in [5, 5.41) is 31.9. The maximum atomic E-state index is 13.0. The fraction of sp³-hybridized carbons (Fsp3) is 0.484. The minimum Gasteiger partial charge on any atom is -0.463 e. The van der Waals surface area contributed by atoms with Crippen LogP contribution in [0.3, 0.4) is 0 Å². The molecule has 1 amide bonds. The summed E-state index contributed by atoms with van der Waals surface area (Å²) >= 11 is 0. The van der Waals surface area contributed by atoms with E-state index >= 15 is 0 Å². The van der Waals surface area contributed by atoms with E-state index in [0.717, 1.165) is 11.9 Å². The van der Waals surface area contributed by atoms with Gasteiger partial charge in [0.1, 0.15) is 37.3 Å². The highest BCUT2D eigenvalue weighted by Crippen LogP contribution is 2.41. The lowest BCUT2D eigenvalue weighted by molar-refractivity contribution is -0.163. The van der Waals surface area contributed by atoms with Gasteiger partial charge in [-0.1, -0.05) is 65.0 Å². The molecule has 0 spiro atoms. The third-order valence-electron chi connectivity index (χ3n) is 7.47. The molecule has 1 aromatic carbocycles. The molecule has 13 heteroatoms. The lowest BCUT2D eigenvalue weighted by Crippen LogP contribution is -2.49. The number of nitrogens with one attached hydrogen (secondary N) is 3. The van der Waals surface area contributed by atoms with Crippen molar-refractivity contribution in [2.45, 2.75) is 77.4 Å². The molecule has 2 heterocycles. The summed E-state index contributed by atoms with van der Waals surface area (Å²) in [4.78, 5) is 45.0. The number of aliphatic hydroxyl groups is 1. The topological polar surface area (TPSA) is 213 Å². The summed E-state index contributed by atoms with van der Waals surface area (Å²) in [6.45, 7) is 8.40. The number of ether oxygens (including phenoxy) is 3. The van der Waals surface area contributed by atoms with Crippen LogP contribution in [0.15, 0.2) is 47.5 Å². The van der Waals surface area contributed by atoms with Crippen molar-refractivity contribution in [3.05, 3.63) is 59.4 Å². The van der Waals surface area contributed by atoms with Crippen LogP contribution in [0.4, 0.5) is 0 Å². The molecular formula is C31H40N6O7. The van der Waals surface area contributed by atoms with Crippen molar-refractivity contribution in [2.75, 3.05) is 6.61 Å². The van der Waals surface area contributed by atoms with Crippen LogP contribution in [0, 0.1) is 28.1 Å². The van der Waals surface area contributed by atoms with E-state index in [1.54, 1.807) is 52.0 Å². The van der Waals surface area contributed by atoms with Crippen molar-refractivity contribution < 1.29 is 33.7 Å². The molecule has 1 fully saturated rings. The normalized spacial score (nSPS) is 23.2. The highest BCUT2D eigenvalue weighted by Gasteiger charge is 2.59. The fourth-order valence-corrected chi connectivity index (χ4v) is 4.41. The molecule has 0 bridgehead atoms. The summed E-state index contributed by atoms with van der Waals surface area (Å²) in [6.07, 6.45) is -3.13. The van der Waals surface area contributed by atoms with Gasteiger partial charge < -0.3 is 35.4 Å². The van der Waals surface area contributed by atoms with Gasteiger partial charge in [0.05, 0.1) is 17.8 Å². The Bertz CT molecular complexity index is 1410. The molecule has 2 aromatic rings. The zero-order valence-electron chi connectivity index (χ0n) is 25.5. The molecule has 3 rings (SSSR count). The van der Waals surface area contributed by atoms with Gasteiger partial charge in [0.15, 0.2) is 11.9 Å². The molecule has 0 aliphatic carbocycles. The number of aliphatic hydroxyl groups excluding tert-OH is 1. The van der Waals surface area contributed by atoms with Gasteiger partial charge in [-0.2, -0.15) is 5.26 Å². The van der Waals surface area contributed by atoms with Crippen LogP contribution < -0.4 is 11.1 Å². The van der Waals surface area contributed by atoms with Gasteiger partial charge in [0.2, 0.25) is 11.5 Å². The molecule has 0 saturated carbocycles. The van der Waals surface area contributed by atoms with Crippen LogP contribution in [0.5, 0.6) is 0 Å². The second kappa shape index (κ2) is 14.4. The van der Waals surface area contributed by atoms with Crippen LogP contribution in [-0.4, -0.2) is 71.1 Å². The molecule has 0 unspecified atom stereocenters. The van der Waals surface area contributed by atoms with E-state index in [1.807, 2.05) is 19.1 Å². The van der Waals surface area contributed by atoms with Crippen molar-refractivity contribution in [1.82, 2.24) is 10.3 Å². The molecule has 44 heavy (non-hydrogen) atoms. The molecule has 6 atom stereocenters. The van der Waals surface area contributed by atoms with Crippen LogP contribution >= 0.6 is 0 Å². The summed E-state index contributed by atoms with van der Waals surface area (Å²) < 4.78 is 17.1. The van der Waals surface area contributed by atoms with Gasteiger partial charge >= 0.3 is 11.9 Å². The van der Waals surface area contributed by atoms with Crippen molar-refractivity contribution in [3.8, 4) is 6.07 Å². The molecule has 1 saturated heterocycles. The first kappa shape index (κ1) is 34.1. The fourth-order valence-electron chi connectivity index (χ4n) is 4.41. The second-order valence-corrected chi connectivity index (χ2v) is 11.7. The number of esters is 2. The Hall–Kier alpha value is -4.38. The maximum absolute atomic E-state index is 13.0. The largest absolute Gasteiger partial charge is 0.463 e. The standard InChI is InChI=1S/C31H40N6O7/c1-6-18(2)28(40)37-27(35-17-33)20-12-13-22(36-20)31(16-32)26(39)24(43-29(41)25(34)30(3,4)5)21(44-31)15-42-23(38)14-19-10-8-7-9-11-19/h7-13,17-18,21,24-26,36,39H,6,14-15,34H2,1-5H3,(H2,33,35,37,40)/t18-,21-,24-,25-,26-,31+/m1/s1. The molecule has 0 radical (unpaired) electrons. The van der Waals surface area contributed by atoms with E-state index < -0.39 is 53.9 Å². The minimum absolute atomic E-state index is 0.0163. The molecule has 13 nitrogen and oxygen atoms in total. The zero-order valence-corrected chi connectivity index (χ0v) is 25.5. The smallest absolute Gasteiger partial charge is 0.323 e. The number of nitrogens with two attached hydrogens (primary N) is 1. The van der Waals surface area contributed by atoms with E-state index in [2.05, 4.69) is 15.3 Å². The van der Waals surface area contributed by atoms with Crippen molar-refractivity contribution in [1.29, 1.82) is 10.7 Å². The first-order chi connectivity index (χ1) is 20.8. The lowest BCUT2D eigenvalue weighted by atomic mass is 9.87. The number of rotatable bonds is 11. The third-order valence-corrected chi connectivity index (χ3v) is 7.47. The number of carbonyl (C=O) groups is 3. The number of carbonyl (C=O) groups excluding carboxylic acids is 3. The quantitative estimate of drug-likeness (QED) is 0.143. The average molecular weight is 609 g/mol. The number of hydrogen-bond acceptors (Lipinski definition) is 10. The van der Waals surface area contributed by atoms with Gasteiger partial charge in [-0.3, -0.25) is 19.8 Å². The number of amidine groups is 1. The predicted molar refractivity (Wildman–Crippen MR) is 160 cm³/mol. The number of hydrogen-bond donors (Lipinski definition) is 5. The number of aromatic nitrogens is 1. The third kappa shape index (κ3) is 7.76. The highest BCUT2D eigenvalue weighted by atomic mass is 16.6. The Morgan fingerprint density at radius 1 is 1.27 bits per heavy atom. The summed E-state index contributed by atoms with van der Waals surface area (Å²) in [7, 11) is 0. The highest BCUT2D eigenvalue weighted by molar-refractivity contribution is 6.09. The van der Waals surface area contributed by atoms with Crippen molar-refractivity contribution >= 4 is 30.0 Å². The number of aromatic amines is 1. The Kier molecular flexibility index (Phi) is 11.2. The first-order valence-corrected chi connectivity index (χ1v) is 14.3. The predicted octanol–water partition coefficient (Wildman–Crippen LogP) is 2.08. The summed E-state index contributed by atoms with van der Waals surface area (Å²) in [5.74, 6) is -2.06. The van der Waals surface area contributed by atoms with E-state index in [0.29, 0.717) is 6.42 Å². The van der Waals surface area contributed by atoms with Crippen molar-refractivity contribution in [2.24, 2.45) is 22.1 Å². The number of aliphatic imine (C=N–C) groups is 1. The Labute approximate surface area is 256 Å². The van der Waals surface area contributed by atoms with E-state index in [1.165, 1.54) is 12.1 Å². The monoisotopic (exact) mass is 608 g/mol. The minimum atomic E-state index is -2.11. The van der Waals surface area contributed by atoms with Crippen LogP contribution in [-0.2, 0) is 40.6 Å². The Morgan fingerprint density at radius 3 is 2.55 bits per heavy atom. The zero-order chi connectivity index (χ0) is 32.7. The van der Waals surface area contributed by atoms with E-state index in [4.69, 9.17) is 25.4 Å². The Balaban J connectivity index is 1.92. The number of amides is 1. The second-order valence-electron chi connectivity index (χ2n) is 11.7.